The largest absolute Gasteiger partial charge is 0.503 e. The predicted octanol–water partition coefficient (Wildman–Crippen LogP) is 0.527. The minimum atomic E-state index is -0.0989. The van der Waals surface area contributed by atoms with Crippen molar-refractivity contribution in [2.45, 2.75) is 0 Å². The summed E-state index contributed by atoms with van der Waals surface area (Å²) in [7, 11) is 0. The van der Waals surface area contributed by atoms with Crippen LogP contribution in [0.1, 0.15) is 0 Å². The third-order valence-electron chi connectivity index (χ3n) is 0.769. The average molecular weight is 190 g/mol. The van der Waals surface area contributed by atoms with Crippen molar-refractivity contribution in [3.63, 3.8) is 0 Å². The lowest BCUT2D eigenvalue weighted by molar-refractivity contribution is 0.472. The van der Waals surface area contributed by atoms with Crippen molar-refractivity contribution in [1.29, 1.82) is 0 Å². The minimum absolute atomic E-state index is 0.0804. The van der Waals surface area contributed by atoms with Gasteiger partial charge in [-0.05, 0) is 15.9 Å². The highest BCUT2D eigenvalue weighted by Crippen LogP contribution is 2.15. The highest BCUT2D eigenvalue weighted by atomic mass is 79.9. The average Bonchev–Trinajstić information content (AvgIpc) is 1.80. The van der Waals surface area contributed by atoms with Crippen LogP contribution < -0.4 is 5.73 Å². The number of halogens is 1. The van der Waals surface area contributed by atoms with Crippen LogP contribution in [-0.4, -0.2) is 15.1 Å². The molecule has 0 fully saturated rings. The Morgan fingerprint density at radius 3 is 2.78 bits per heavy atom. The second-order valence-corrected chi connectivity index (χ2v) is 2.12. The van der Waals surface area contributed by atoms with Gasteiger partial charge in [0.2, 0.25) is 0 Å². The molecule has 0 bridgehead atoms. The molecule has 0 aliphatic carbocycles. The van der Waals surface area contributed by atoms with Crippen molar-refractivity contribution in [3.05, 3.63) is 10.9 Å². The van der Waals surface area contributed by atoms with Crippen LogP contribution in [0.4, 0.5) is 5.82 Å². The van der Waals surface area contributed by atoms with Gasteiger partial charge in [0.1, 0.15) is 0 Å². The molecule has 1 aromatic rings. The van der Waals surface area contributed by atoms with Crippen molar-refractivity contribution in [1.82, 2.24) is 9.97 Å². The summed E-state index contributed by atoms with van der Waals surface area (Å²) >= 11 is 2.98. The number of hydrogen-bond acceptors (Lipinski definition) is 4. The summed E-state index contributed by atoms with van der Waals surface area (Å²) in [6, 6.07) is 0. The summed E-state index contributed by atoms with van der Waals surface area (Å²) in [6.07, 6.45) is 1.23. The van der Waals surface area contributed by atoms with Gasteiger partial charge in [-0.2, -0.15) is 0 Å². The zero-order valence-electron chi connectivity index (χ0n) is 4.37. The topological polar surface area (TPSA) is 72.0 Å². The number of aromatic hydroxyl groups is 1. The summed E-state index contributed by atoms with van der Waals surface area (Å²) in [5.74, 6) is -0.0184. The standard InChI is InChI=1S/C4H4BrN3O/c5-4-7-1-2(9)3(6)8-4/h1,9H,(H2,6,7,8). The number of aromatic nitrogens is 2. The van der Waals surface area contributed by atoms with Gasteiger partial charge in [0.15, 0.2) is 16.3 Å². The van der Waals surface area contributed by atoms with Gasteiger partial charge in [-0.3, -0.25) is 0 Å². The van der Waals surface area contributed by atoms with Gasteiger partial charge in [0.05, 0.1) is 6.20 Å². The Morgan fingerprint density at radius 2 is 2.33 bits per heavy atom. The molecular weight excluding hydrogens is 186 g/mol. The van der Waals surface area contributed by atoms with Gasteiger partial charge >= 0.3 is 0 Å². The summed E-state index contributed by atoms with van der Waals surface area (Å²) in [5, 5.41) is 8.77. The first-order chi connectivity index (χ1) is 4.20. The SMILES string of the molecule is Nc1nc(Br)ncc1O. The maximum absolute atomic E-state index is 8.77. The van der Waals surface area contributed by atoms with E-state index in [-0.39, 0.29) is 11.6 Å². The van der Waals surface area contributed by atoms with Crippen molar-refractivity contribution < 1.29 is 5.11 Å². The number of rotatable bonds is 0. The van der Waals surface area contributed by atoms with E-state index in [2.05, 4.69) is 25.9 Å². The van der Waals surface area contributed by atoms with E-state index in [0.29, 0.717) is 4.73 Å². The minimum Gasteiger partial charge on any atom is -0.503 e. The van der Waals surface area contributed by atoms with Gasteiger partial charge in [-0.15, -0.1) is 0 Å². The van der Waals surface area contributed by atoms with Gasteiger partial charge in [-0.1, -0.05) is 0 Å². The summed E-state index contributed by atoms with van der Waals surface area (Å²) < 4.78 is 0.373. The lowest BCUT2D eigenvalue weighted by Crippen LogP contribution is -1.91. The van der Waals surface area contributed by atoms with Crippen LogP contribution in [0.2, 0.25) is 0 Å². The van der Waals surface area contributed by atoms with E-state index in [1.165, 1.54) is 6.20 Å². The number of nitrogens with two attached hydrogens (primary N) is 1. The molecule has 0 saturated carbocycles. The van der Waals surface area contributed by atoms with Gasteiger partial charge in [0, 0.05) is 0 Å². The Hall–Kier alpha value is -0.840. The Morgan fingerprint density at radius 1 is 1.67 bits per heavy atom. The first-order valence-corrected chi connectivity index (χ1v) is 2.96. The maximum Gasteiger partial charge on any atom is 0.198 e. The molecule has 0 aliphatic rings. The second kappa shape index (κ2) is 2.18. The molecule has 5 heteroatoms. The molecule has 1 rings (SSSR count). The van der Waals surface area contributed by atoms with E-state index < -0.39 is 0 Å². The molecule has 0 spiro atoms. The first kappa shape index (κ1) is 6.28. The smallest absolute Gasteiger partial charge is 0.198 e. The van der Waals surface area contributed by atoms with Crippen LogP contribution in [0.25, 0.3) is 0 Å². The lowest BCUT2D eigenvalue weighted by Gasteiger charge is -1.94. The van der Waals surface area contributed by atoms with Crippen LogP contribution in [0, 0.1) is 0 Å². The van der Waals surface area contributed by atoms with Crippen LogP contribution in [-0.2, 0) is 0 Å². The maximum atomic E-state index is 8.77. The van der Waals surface area contributed by atoms with E-state index in [1.54, 1.807) is 0 Å². The summed E-state index contributed by atoms with van der Waals surface area (Å²) in [4.78, 5) is 7.22. The van der Waals surface area contributed by atoms with Gasteiger partial charge < -0.3 is 10.8 Å². The number of nitrogens with zero attached hydrogens (tertiary/aromatic N) is 2. The number of anilines is 1. The molecule has 4 nitrogen and oxygen atoms in total. The van der Waals surface area contributed by atoms with Crippen molar-refractivity contribution in [2.75, 3.05) is 5.73 Å². The van der Waals surface area contributed by atoms with E-state index >= 15 is 0 Å². The van der Waals surface area contributed by atoms with E-state index in [4.69, 9.17) is 10.8 Å². The molecule has 0 saturated heterocycles. The zero-order valence-corrected chi connectivity index (χ0v) is 5.96. The van der Waals surface area contributed by atoms with Gasteiger partial charge in [-0.25, -0.2) is 9.97 Å². The quantitative estimate of drug-likeness (QED) is 0.585. The van der Waals surface area contributed by atoms with E-state index in [1.807, 2.05) is 0 Å². The van der Waals surface area contributed by atoms with Crippen LogP contribution in [0.3, 0.4) is 0 Å². The van der Waals surface area contributed by atoms with Crippen LogP contribution in [0.15, 0.2) is 10.9 Å². The zero-order chi connectivity index (χ0) is 6.85. The Labute approximate surface area is 59.9 Å². The fraction of sp³-hybridized carbons (Fsp3) is 0. The molecule has 1 aromatic heterocycles. The third kappa shape index (κ3) is 1.29. The molecule has 0 unspecified atom stereocenters. The van der Waals surface area contributed by atoms with Gasteiger partial charge in [0.25, 0.3) is 0 Å². The lowest BCUT2D eigenvalue weighted by atomic mass is 10.5. The molecule has 0 atom stereocenters. The first-order valence-electron chi connectivity index (χ1n) is 2.17. The molecule has 48 valence electrons. The van der Waals surface area contributed by atoms with E-state index in [0.717, 1.165) is 0 Å². The molecule has 0 amide bonds. The second-order valence-electron chi connectivity index (χ2n) is 1.41. The Kier molecular flexibility index (Phi) is 1.52. The Bertz CT molecular complexity index is 227. The highest BCUT2D eigenvalue weighted by Gasteiger charge is 1.96. The van der Waals surface area contributed by atoms with E-state index in [9.17, 15) is 0 Å². The molecule has 9 heavy (non-hydrogen) atoms. The fourth-order valence-corrected chi connectivity index (χ4v) is 0.659. The monoisotopic (exact) mass is 189 g/mol. The van der Waals surface area contributed by atoms with Crippen LogP contribution >= 0.6 is 15.9 Å². The molecular formula is C4H4BrN3O. The molecule has 0 aromatic carbocycles. The summed E-state index contributed by atoms with van der Waals surface area (Å²) in [5.41, 5.74) is 5.19. The molecule has 1 heterocycles. The molecule has 0 aliphatic heterocycles. The van der Waals surface area contributed by atoms with Crippen molar-refractivity contribution in [3.8, 4) is 5.75 Å². The normalized spacial score (nSPS) is 9.44. The molecule has 3 N–H and O–H groups in total. The van der Waals surface area contributed by atoms with Crippen molar-refractivity contribution >= 4 is 21.7 Å². The highest BCUT2D eigenvalue weighted by molar-refractivity contribution is 9.10. The number of hydrogen-bond donors (Lipinski definition) is 2. The van der Waals surface area contributed by atoms with Crippen LogP contribution in [0.5, 0.6) is 5.75 Å². The van der Waals surface area contributed by atoms with Crippen molar-refractivity contribution in [2.24, 2.45) is 0 Å². The fourth-order valence-electron chi connectivity index (χ4n) is 0.366. The third-order valence-corrected chi connectivity index (χ3v) is 1.15. The molecule has 0 radical (unpaired) electrons. The number of nitrogen functional groups attached to an aromatic ring is 1. The summed E-state index contributed by atoms with van der Waals surface area (Å²) in [6.45, 7) is 0. The Balaban J connectivity index is 3.17. The predicted molar refractivity (Wildman–Crippen MR) is 35.8 cm³/mol.